The molecule has 0 aliphatic carbocycles. The van der Waals surface area contributed by atoms with Gasteiger partial charge in [-0.1, -0.05) is 0 Å². The van der Waals surface area contributed by atoms with Gasteiger partial charge < -0.3 is 4.90 Å². The molecule has 1 amide bonds. The molecule has 2 rings (SSSR count). The molecule has 1 saturated heterocycles. The highest BCUT2D eigenvalue weighted by Gasteiger charge is 2.18. The molecule has 1 aromatic rings. The molecule has 1 aliphatic heterocycles. The number of halogens is 1. The fourth-order valence-corrected chi connectivity index (χ4v) is 3.57. The molecule has 0 unspecified atom stereocenters. The number of amides is 1. The second kappa shape index (κ2) is 5.37. The first-order valence-electron chi connectivity index (χ1n) is 4.88. The zero-order valence-electron chi connectivity index (χ0n) is 8.24. The van der Waals surface area contributed by atoms with Crippen LogP contribution in [0.3, 0.4) is 0 Å². The van der Waals surface area contributed by atoms with Gasteiger partial charge in [0, 0.05) is 24.2 Å². The third kappa shape index (κ3) is 2.98. The molecule has 2 nitrogen and oxygen atoms in total. The smallest absolute Gasteiger partial charge is 0.254 e. The van der Waals surface area contributed by atoms with Gasteiger partial charge in [0.2, 0.25) is 0 Å². The van der Waals surface area contributed by atoms with Crippen molar-refractivity contribution in [3.8, 4) is 0 Å². The van der Waals surface area contributed by atoms with E-state index in [1.54, 1.807) is 11.3 Å². The van der Waals surface area contributed by atoms with Gasteiger partial charge in [-0.2, -0.15) is 11.8 Å². The predicted octanol–water partition coefficient (Wildman–Crippen LogP) is 3.09. The van der Waals surface area contributed by atoms with E-state index in [1.165, 1.54) is 5.75 Å². The minimum absolute atomic E-state index is 0.180. The molecule has 0 saturated carbocycles. The Hall–Kier alpha value is -0.000000000000000167. The molecule has 1 aliphatic rings. The summed E-state index contributed by atoms with van der Waals surface area (Å²) in [4.78, 5) is 14.0. The highest BCUT2D eigenvalue weighted by molar-refractivity contribution is 9.11. The molecule has 0 N–H and O–H groups in total. The van der Waals surface area contributed by atoms with E-state index in [9.17, 15) is 4.79 Å². The van der Waals surface area contributed by atoms with Crippen LogP contribution in [0, 0.1) is 0 Å². The van der Waals surface area contributed by atoms with Crippen molar-refractivity contribution >= 4 is 44.9 Å². The van der Waals surface area contributed by atoms with Gasteiger partial charge in [0.05, 0.1) is 9.35 Å². The number of carbonyl (C=O) groups excluding carboxylic acids is 1. The van der Waals surface area contributed by atoms with Crippen molar-refractivity contribution in [3.05, 3.63) is 20.8 Å². The molecule has 0 spiro atoms. The predicted molar refractivity (Wildman–Crippen MR) is 69.9 cm³/mol. The minimum atomic E-state index is 0.180. The zero-order chi connectivity index (χ0) is 10.7. The van der Waals surface area contributed by atoms with Crippen LogP contribution in [0.4, 0.5) is 0 Å². The summed E-state index contributed by atoms with van der Waals surface area (Å²) in [5.74, 6) is 2.42. The Morgan fingerprint density at radius 2 is 2.27 bits per heavy atom. The van der Waals surface area contributed by atoms with Crippen molar-refractivity contribution in [1.82, 2.24) is 4.90 Å². The van der Waals surface area contributed by atoms with Gasteiger partial charge in [-0.15, -0.1) is 11.3 Å². The van der Waals surface area contributed by atoms with Gasteiger partial charge in [0.1, 0.15) is 0 Å². The molecule has 5 heteroatoms. The number of nitrogens with zero attached hydrogens (tertiary/aromatic N) is 1. The Morgan fingerprint density at radius 3 is 3.00 bits per heavy atom. The lowest BCUT2D eigenvalue weighted by Gasteiger charge is -2.18. The number of thiophene rings is 1. The summed E-state index contributed by atoms with van der Waals surface area (Å²) < 4.78 is 1.02. The van der Waals surface area contributed by atoms with Crippen molar-refractivity contribution in [2.24, 2.45) is 0 Å². The van der Waals surface area contributed by atoms with Gasteiger partial charge in [0.25, 0.3) is 5.91 Å². The summed E-state index contributed by atoms with van der Waals surface area (Å²) >= 11 is 6.89. The lowest BCUT2D eigenvalue weighted by atomic mass is 10.3. The van der Waals surface area contributed by atoms with E-state index < -0.39 is 0 Å². The SMILES string of the molecule is O=C(c1csc(Br)c1)N1CCCSCC1. The van der Waals surface area contributed by atoms with Gasteiger partial charge in [-0.25, -0.2) is 0 Å². The largest absolute Gasteiger partial charge is 0.338 e. The van der Waals surface area contributed by atoms with Crippen LogP contribution in [0.15, 0.2) is 15.2 Å². The summed E-state index contributed by atoms with van der Waals surface area (Å²) in [5, 5.41) is 1.92. The van der Waals surface area contributed by atoms with Gasteiger partial charge >= 0.3 is 0 Å². The number of thioether (sulfide) groups is 1. The van der Waals surface area contributed by atoms with E-state index in [0.29, 0.717) is 0 Å². The maximum Gasteiger partial charge on any atom is 0.254 e. The Morgan fingerprint density at radius 1 is 1.40 bits per heavy atom. The highest BCUT2D eigenvalue weighted by atomic mass is 79.9. The van der Waals surface area contributed by atoms with E-state index in [-0.39, 0.29) is 5.91 Å². The summed E-state index contributed by atoms with van der Waals surface area (Å²) in [5.41, 5.74) is 0.818. The van der Waals surface area contributed by atoms with E-state index in [2.05, 4.69) is 15.9 Å². The van der Waals surface area contributed by atoms with Crippen molar-refractivity contribution < 1.29 is 4.79 Å². The number of rotatable bonds is 1. The molecular formula is C10H12BrNOS2. The van der Waals surface area contributed by atoms with Crippen LogP contribution in [-0.4, -0.2) is 35.4 Å². The molecule has 1 fully saturated rings. The molecule has 2 heterocycles. The minimum Gasteiger partial charge on any atom is -0.338 e. The Kier molecular flexibility index (Phi) is 4.11. The number of hydrogen-bond donors (Lipinski definition) is 0. The highest BCUT2D eigenvalue weighted by Crippen LogP contribution is 2.22. The van der Waals surface area contributed by atoms with Crippen molar-refractivity contribution in [3.63, 3.8) is 0 Å². The van der Waals surface area contributed by atoms with Crippen molar-refractivity contribution in [2.75, 3.05) is 24.6 Å². The topological polar surface area (TPSA) is 20.3 Å². The standard InChI is InChI=1S/C10H12BrNOS2/c11-9-6-8(7-15-9)10(13)12-2-1-4-14-5-3-12/h6-7H,1-5H2. The summed E-state index contributed by atoms with van der Waals surface area (Å²) in [6, 6.07) is 1.91. The van der Waals surface area contributed by atoms with Gasteiger partial charge in [-0.3, -0.25) is 4.79 Å². The van der Waals surface area contributed by atoms with Gasteiger partial charge in [0.15, 0.2) is 0 Å². The Balaban J connectivity index is 2.06. The lowest BCUT2D eigenvalue weighted by molar-refractivity contribution is 0.0769. The Bertz CT molecular complexity index is 345. The van der Waals surface area contributed by atoms with Crippen molar-refractivity contribution in [1.29, 1.82) is 0 Å². The summed E-state index contributed by atoms with van der Waals surface area (Å²) in [7, 11) is 0. The van der Waals surface area contributed by atoms with Crippen molar-refractivity contribution in [2.45, 2.75) is 6.42 Å². The fourth-order valence-electron chi connectivity index (χ4n) is 1.55. The molecule has 82 valence electrons. The molecule has 1 aromatic heterocycles. The number of carbonyl (C=O) groups is 1. The lowest BCUT2D eigenvalue weighted by Crippen LogP contribution is -2.32. The Labute approximate surface area is 106 Å². The van der Waals surface area contributed by atoms with E-state index in [0.717, 1.165) is 34.6 Å². The second-order valence-electron chi connectivity index (χ2n) is 3.40. The summed E-state index contributed by atoms with van der Waals surface area (Å²) in [6.07, 6.45) is 1.11. The van der Waals surface area contributed by atoms with Crippen LogP contribution in [0.5, 0.6) is 0 Å². The first-order chi connectivity index (χ1) is 7.27. The van der Waals surface area contributed by atoms with E-state index in [4.69, 9.17) is 0 Å². The number of hydrogen-bond acceptors (Lipinski definition) is 3. The average molecular weight is 306 g/mol. The molecule has 15 heavy (non-hydrogen) atoms. The molecule has 0 radical (unpaired) electrons. The maximum absolute atomic E-state index is 12.1. The van der Waals surface area contributed by atoms with Crippen LogP contribution >= 0.6 is 39.0 Å². The molecular weight excluding hydrogens is 294 g/mol. The molecule has 0 atom stereocenters. The van der Waals surface area contributed by atoms with Crippen LogP contribution in [-0.2, 0) is 0 Å². The van der Waals surface area contributed by atoms with Crippen LogP contribution in [0.2, 0.25) is 0 Å². The zero-order valence-corrected chi connectivity index (χ0v) is 11.5. The van der Waals surface area contributed by atoms with Crippen LogP contribution in [0.1, 0.15) is 16.8 Å². The summed E-state index contributed by atoms with van der Waals surface area (Å²) in [6.45, 7) is 1.79. The maximum atomic E-state index is 12.1. The first-order valence-corrected chi connectivity index (χ1v) is 7.71. The van der Waals surface area contributed by atoms with E-state index in [1.807, 2.05) is 28.1 Å². The third-order valence-electron chi connectivity index (χ3n) is 2.32. The van der Waals surface area contributed by atoms with E-state index >= 15 is 0 Å². The third-order valence-corrected chi connectivity index (χ3v) is 4.88. The van der Waals surface area contributed by atoms with Crippen LogP contribution in [0.25, 0.3) is 0 Å². The van der Waals surface area contributed by atoms with Gasteiger partial charge in [-0.05, 0) is 34.2 Å². The van der Waals surface area contributed by atoms with Crippen LogP contribution < -0.4 is 0 Å². The fraction of sp³-hybridized carbons (Fsp3) is 0.500. The average Bonchev–Trinajstić information content (AvgIpc) is 2.53. The monoisotopic (exact) mass is 305 g/mol. The normalized spacial score (nSPS) is 17.5. The second-order valence-corrected chi connectivity index (χ2v) is 6.91. The first kappa shape index (κ1) is 11.5. The molecule has 0 bridgehead atoms. The quantitative estimate of drug-likeness (QED) is 0.794. The molecule has 0 aromatic carbocycles.